The number of carbonyl (C=O) groups is 1. The Morgan fingerprint density at radius 2 is 2.05 bits per heavy atom. The van der Waals surface area contributed by atoms with Crippen molar-refractivity contribution >= 4 is 26.7 Å². The first kappa shape index (κ1) is 15.6. The number of benzene rings is 1. The zero-order chi connectivity index (χ0) is 15.6. The maximum absolute atomic E-state index is 12.5. The van der Waals surface area contributed by atoms with Crippen LogP contribution in [0.1, 0.15) is 25.8 Å². The standard InChI is InChI=1S/C15H18N2O3S/c1-4-13(18)11(3)17-21(19,20)14-8-7-10(2)15-12(14)6-5-9-16-15/h5-9,11,17H,4H2,1-3H3. The van der Waals surface area contributed by atoms with Crippen molar-refractivity contribution in [2.75, 3.05) is 0 Å². The summed E-state index contributed by atoms with van der Waals surface area (Å²) in [7, 11) is -3.77. The van der Waals surface area contributed by atoms with Gasteiger partial charge < -0.3 is 0 Å². The minimum absolute atomic E-state index is 0.145. The maximum atomic E-state index is 12.5. The Morgan fingerprint density at radius 3 is 2.71 bits per heavy atom. The molecule has 0 aliphatic carbocycles. The summed E-state index contributed by atoms with van der Waals surface area (Å²) in [4.78, 5) is 16.0. The summed E-state index contributed by atoms with van der Waals surface area (Å²) in [5, 5.41) is 0.557. The van der Waals surface area contributed by atoms with Gasteiger partial charge in [0.15, 0.2) is 0 Å². The molecule has 1 unspecified atom stereocenters. The lowest BCUT2D eigenvalue weighted by atomic mass is 10.1. The molecule has 2 rings (SSSR count). The molecule has 1 atom stereocenters. The third kappa shape index (κ3) is 3.11. The highest BCUT2D eigenvalue weighted by atomic mass is 32.2. The number of ketones is 1. The second-order valence-corrected chi connectivity index (χ2v) is 6.63. The van der Waals surface area contributed by atoms with E-state index in [-0.39, 0.29) is 10.7 Å². The molecule has 0 spiro atoms. The van der Waals surface area contributed by atoms with Crippen molar-refractivity contribution in [1.82, 2.24) is 9.71 Å². The Hall–Kier alpha value is -1.79. The number of carbonyl (C=O) groups excluding carboxylic acids is 1. The molecule has 1 aromatic heterocycles. The first-order chi connectivity index (χ1) is 9.86. The van der Waals surface area contributed by atoms with Gasteiger partial charge in [-0.25, -0.2) is 13.1 Å². The Labute approximate surface area is 124 Å². The normalized spacial score (nSPS) is 13.3. The van der Waals surface area contributed by atoms with Crippen molar-refractivity contribution in [3.63, 3.8) is 0 Å². The van der Waals surface area contributed by atoms with E-state index in [9.17, 15) is 13.2 Å². The van der Waals surface area contributed by atoms with Crippen LogP contribution in [0.3, 0.4) is 0 Å². The lowest BCUT2D eigenvalue weighted by Crippen LogP contribution is -2.38. The molecule has 0 amide bonds. The molecule has 6 heteroatoms. The first-order valence-corrected chi connectivity index (χ1v) is 8.24. The second kappa shape index (κ2) is 5.91. The van der Waals surface area contributed by atoms with E-state index in [1.165, 1.54) is 0 Å². The quantitative estimate of drug-likeness (QED) is 0.918. The van der Waals surface area contributed by atoms with E-state index in [0.29, 0.717) is 17.3 Å². The molecule has 0 radical (unpaired) electrons. The minimum atomic E-state index is -3.77. The number of pyridine rings is 1. The second-order valence-electron chi connectivity index (χ2n) is 4.94. The summed E-state index contributed by atoms with van der Waals surface area (Å²) in [6.45, 7) is 5.14. The largest absolute Gasteiger partial charge is 0.298 e. The highest BCUT2D eigenvalue weighted by Crippen LogP contribution is 2.24. The zero-order valence-corrected chi connectivity index (χ0v) is 13.1. The van der Waals surface area contributed by atoms with Gasteiger partial charge >= 0.3 is 0 Å². The molecule has 2 aromatic rings. The fourth-order valence-electron chi connectivity index (χ4n) is 2.19. The molecule has 0 bridgehead atoms. The third-order valence-electron chi connectivity index (χ3n) is 3.38. The molecule has 21 heavy (non-hydrogen) atoms. The van der Waals surface area contributed by atoms with Gasteiger partial charge in [0.2, 0.25) is 10.0 Å². The number of aryl methyl sites for hydroxylation is 1. The summed E-state index contributed by atoms with van der Waals surface area (Å²) in [5.74, 6) is -0.145. The Balaban J connectivity index is 2.51. The third-order valence-corrected chi connectivity index (χ3v) is 4.98. The number of hydrogen-bond acceptors (Lipinski definition) is 4. The van der Waals surface area contributed by atoms with Crippen LogP contribution in [-0.2, 0) is 14.8 Å². The molecular weight excluding hydrogens is 288 g/mol. The monoisotopic (exact) mass is 306 g/mol. The van der Waals surface area contributed by atoms with E-state index < -0.39 is 16.1 Å². The van der Waals surface area contributed by atoms with E-state index in [0.717, 1.165) is 5.56 Å². The van der Waals surface area contributed by atoms with Crippen LogP contribution in [0.15, 0.2) is 35.4 Å². The number of nitrogens with zero attached hydrogens (tertiary/aromatic N) is 1. The average Bonchev–Trinajstić information content (AvgIpc) is 2.46. The van der Waals surface area contributed by atoms with Crippen LogP contribution in [0.5, 0.6) is 0 Å². The van der Waals surface area contributed by atoms with Crippen LogP contribution in [0.2, 0.25) is 0 Å². The predicted molar refractivity (Wildman–Crippen MR) is 81.6 cm³/mol. The van der Waals surface area contributed by atoms with Crippen LogP contribution >= 0.6 is 0 Å². The first-order valence-electron chi connectivity index (χ1n) is 6.76. The fraction of sp³-hybridized carbons (Fsp3) is 0.333. The molecule has 0 aliphatic heterocycles. The van der Waals surface area contributed by atoms with E-state index in [2.05, 4.69) is 9.71 Å². The van der Waals surface area contributed by atoms with Crippen molar-refractivity contribution in [1.29, 1.82) is 0 Å². The van der Waals surface area contributed by atoms with Crippen LogP contribution in [0.25, 0.3) is 10.9 Å². The van der Waals surface area contributed by atoms with Gasteiger partial charge in [0.25, 0.3) is 0 Å². The van der Waals surface area contributed by atoms with Crippen molar-refractivity contribution in [2.45, 2.75) is 38.1 Å². The Morgan fingerprint density at radius 1 is 1.33 bits per heavy atom. The van der Waals surface area contributed by atoms with Crippen molar-refractivity contribution in [2.24, 2.45) is 0 Å². The molecule has 0 aliphatic rings. The molecule has 0 fully saturated rings. The molecular formula is C15H18N2O3S. The number of Topliss-reactive ketones (excluding diaryl/α,β-unsaturated/α-hetero) is 1. The lowest BCUT2D eigenvalue weighted by molar-refractivity contribution is -0.119. The number of nitrogens with one attached hydrogen (secondary N) is 1. The SMILES string of the molecule is CCC(=O)C(C)NS(=O)(=O)c1ccc(C)c2ncccc12. The summed E-state index contributed by atoms with van der Waals surface area (Å²) in [5.41, 5.74) is 1.55. The van der Waals surface area contributed by atoms with Crippen LogP contribution in [0.4, 0.5) is 0 Å². The number of sulfonamides is 1. The van der Waals surface area contributed by atoms with Crippen LogP contribution in [-0.4, -0.2) is 25.2 Å². The van der Waals surface area contributed by atoms with Gasteiger partial charge in [-0.3, -0.25) is 9.78 Å². The Kier molecular flexibility index (Phi) is 4.39. The van der Waals surface area contributed by atoms with Crippen molar-refractivity contribution in [3.8, 4) is 0 Å². The summed E-state index contributed by atoms with van der Waals surface area (Å²) >= 11 is 0. The molecule has 1 aromatic carbocycles. The smallest absolute Gasteiger partial charge is 0.241 e. The van der Waals surface area contributed by atoms with Crippen LogP contribution in [0, 0.1) is 6.92 Å². The van der Waals surface area contributed by atoms with Gasteiger partial charge in [-0.15, -0.1) is 0 Å². The van der Waals surface area contributed by atoms with Crippen molar-refractivity contribution < 1.29 is 13.2 Å². The molecule has 1 heterocycles. The van der Waals surface area contributed by atoms with E-state index in [1.54, 1.807) is 44.3 Å². The Bertz CT molecular complexity index is 785. The zero-order valence-electron chi connectivity index (χ0n) is 12.3. The van der Waals surface area contributed by atoms with Gasteiger partial charge in [-0.2, -0.15) is 0 Å². The van der Waals surface area contributed by atoms with E-state index in [1.807, 2.05) is 6.92 Å². The van der Waals surface area contributed by atoms with Gasteiger partial charge in [0.1, 0.15) is 5.78 Å². The predicted octanol–water partition coefficient (Wildman–Crippen LogP) is 2.19. The fourth-order valence-corrected chi connectivity index (χ4v) is 3.62. The van der Waals surface area contributed by atoms with Gasteiger partial charge in [-0.05, 0) is 37.6 Å². The van der Waals surface area contributed by atoms with E-state index >= 15 is 0 Å². The summed E-state index contributed by atoms with van der Waals surface area (Å²) in [6, 6.07) is 5.94. The van der Waals surface area contributed by atoms with E-state index in [4.69, 9.17) is 0 Å². The summed E-state index contributed by atoms with van der Waals surface area (Å²) < 4.78 is 27.4. The van der Waals surface area contributed by atoms with Crippen molar-refractivity contribution in [3.05, 3.63) is 36.0 Å². The van der Waals surface area contributed by atoms with Crippen LogP contribution < -0.4 is 4.72 Å². The molecule has 0 saturated heterocycles. The van der Waals surface area contributed by atoms with Gasteiger partial charge in [0, 0.05) is 18.0 Å². The number of hydrogen-bond donors (Lipinski definition) is 1. The number of rotatable bonds is 5. The number of aromatic nitrogens is 1. The summed E-state index contributed by atoms with van der Waals surface area (Å²) in [6.07, 6.45) is 1.92. The minimum Gasteiger partial charge on any atom is -0.298 e. The lowest BCUT2D eigenvalue weighted by Gasteiger charge is -2.14. The molecule has 1 N–H and O–H groups in total. The highest BCUT2D eigenvalue weighted by molar-refractivity contribution is 7.89. The average molecular weight is 306 g/mol. The molecule has 112 valence electrons. The topological polar surface area (TPSA) is 76.1 Å². The highest BCUT2D eigenvalue weighted by Gasteiger charge is 2.23. The van der Waals surface area contributed by atoms with Gasteiger partial charge in [0.05, 0.1) is 16.5 Å². The van der Waals surface area contributed by atoms with Gasteiger partial charge in [-0.1, -0.05) is 13.0 Å². The maximum Gasteiger partial charge on any atom is 0.241 e. The number of fused-ring (bicyclic) bond motifs is 1. The molecule has 5 nitrogen and oxygen atoms in total. The molecule has 0 saturated carbocycles.